The average Bonchev–Trinajstić information content (AvgIpc) is 2.87. The Balaban J connectivity index is 1.52. The molecule has 0 aliphatic carbocycles. The van der Waals surface area contributed by atoms with Crippen molar-refractivity contribution < 1.29 is 0 Å². The average molecular weight is 244 g/mol. The lowest BCUT2D eigenvalue weighted by Gasteiger charge is -2.27. The van der Waals surface area contributed by atoms with Crippen LogP contribution in [0.1, 0.15) is 12.0 Å². The topological polar surface area (TPSA) is 44.0 Å². The largest absolute Gasteiger partial charge is 0.345 e. The highest BCUT2D eigenvalue weighted by Gasteiger charge is 2.08. The van der Waals surface area contributed by atoms with Crippen molar-refractivity contribution in [3.63, 3.8) is 0 Å². The minimum absolute atomic E-state index is 1.06. The molecular weight excluding hydrogens is 224 g/mol. The second kappa shape index (κ2) is 5.50. The van der Waals surface area contributed by atoms with E-state index in [0.717, 1.165) is 30.5 Å². The number of aryl methyl sites for hydroxylation is 1. The molecule has 1 aromatic carbocycles. The predicted octanol–water partition coefficient (Wildman–Crippen LogP) is 1.40. The summed E-state index contributed by atoms with van der Waals surface area (Å²) >= 11 is 0. The summed E-state index contributed by atoms with van der Waals surface area (Å²) in [4.78, 5) is 9.96. The van der Waals surface area contributed by atoms with E-state index < -0.39 is 0 Å². The fraction of sp³-hybridized carbons (Fsp3) is 0.500. The van der Waals surface area contributed by atoms with Crippen molar-refractivity contribution in [1.29, 1.82) is 0 Å². The van der Waals surface area contributed by atoms with E-state index >= 15 is 0 Å². The summed E-state index contributed by atoms with van der Waals surface area (Å²) in [5, 5.41) is 3.39. The lowest BCUT2D eigenvalue weighted by Crippen LogP contribution is -2.43. The number of benzene rings is 1. The first kappa shape index (κ1) is 11.7. The van der Waals surface area contributed by atoms with Crippen LogP contribution in [0.15, 0.2) is 24.5 Å². The Hall–Kier alpha value is -1.39. The maximum atomic E-state index is 4.24. The van der Waals surface area contributed by atoms with Gasteiger partial charge in [-0.05, 0) is 37.1 Å². The van der Waals surface area contributed by atoms with Gasteiger partial charge >= 0.3 is 0 Å². The summed E-state index contributed by atoms with van der Waals surface area (Å²) in [6.45, 7) is 5.88. The number of aromatic amines is 1. The number of H-pyrrole nitrogens is 1. The number of nitrogens with zero attached hydrogens (tertiary/aromatic N) is 2. The van der Waals surface area contributed by atoms with Crippen LogP contribution in [0.5, 0.6) is 0 Å². The van der Waals surface area contributed by atoms with E-state index in [0.29, 0.717) is 0 Å². The molecule has 4 heteroatoms. The van der Waals surface area contributed by atoms with E-state index in [9.17, 15) is 0 Å². The molecule has 1 aliphatic heterocycles. The molecule has 18 heavy (non-hydrogen) atoms. The first-order valence-corrected chi connectivity index (χ1v) is 6.77. The van der Waals surface area contributed by atoms with E-state index in [-0.39, 0.29) is 0 Å². The number of piperazine rings is 1. The van der Waals surface area contributed by atoms with Crippen LogP contribution in [-0.4, -0.2) is 47.6 Å². The second-order valence-electron chi connectivity index (χ2n) is 4.95. The molecule has 0 amide bonds. The van der Waals surface area contributed by atoms with Crippen molar-refractivity contribution in [2.24, 2.45) is 0 Å². The van der Waals surface area contributed by atoms with Crippen LogP contribution in [-0.2, 0) is 6.42 Å². The molecule has 1 aliphatic rings. The monoisotopic (exact) mass is 244 g/mol. The van der Waals surface area contributed by atoms with Gasteiger partial charge < -0.3 is 15.2 Å². The van der Waals surface area contributed by atoms with Gasteiger partial charge in [-0.3, -0.25) is 0 Å². The Bertz CT molecular complexity index is 499. The molecule has 0 bridgehead atoms. The molecule has 0 atom stereocenters. The Labute approximate surface area is 107 Å². The standard InChI is InChI=1S/C14H20N4/c1(7-18-8-5-15-6-9-18)2-12-3-4-13-14(10-12)17-11-16-13/h3-4,10-11,15H,1-2,5-9H2,(H,16,17). The molecule has 2 N–H and O–H groups in total. The maximum Gasteiger partial charge on any atom is 0.0931 e. The van der Waals surface area contributed by atoms with Gasteiger partial charge in [-0.2, -0.15) is 0 Å². The van der Waals surface area contributed by atoms with Crippen LogP contribution in [0.3, 0.4) is 0 Å². The molecule has 1 fully saturated rings. The van der Waals surface area contributed by atoms with E-state index in [2.05, 4.69) is 38.4 Å². The third kappa shape index (κ3) is 2.71. The lowest BCUT2D eigenvalue weighted by atomic mass is 10.1. The molecule has 2 aromatic rings. The molecule has 0 spiro atoms. The number of hydrogen-bond donors (Lipinski definition) is 2. The lowest BCUT2D eigenvalue weighted by molar-refractivity contribution is 0.238. The van der Waals surface area contributed by atoms with Gasteiger partial charge in [0, 0.05) is 26.2 Å². The van der Waals surface area contributed by atoms with Crippen molar-refractivity contribution in [3.05, 3.63) is 30.1 Å². The van der Waals surface area contributed by atoms with Gasteiger partial charge in [0.2, 0.25) is 0 Å². The van der Waals surface area contributed by atoms with Crippen molar-refractivity contribution in [3.8, 4) is 0 Å². The molecule has 1 aromatic heterocycles. The Morgan fingerprint density at radius 1 is 1.22 bits per heavy atom. The molecule has 4 nitrogen and oxygen atoms in total. The molecule has 96 valence electrons. The SMILES string of the molecule is c1nc2ccc(CCCN3CCNCC3)cc2[nH]1. The molecule has 2 heterocycles. The summed E-state index contributed by atoms with van der Waals surface area (Å²) in [5.74, 6) is 0. The summed E-state index contributed by atoms with van der Waals surface area (Å²) in [5.41, 5.74) is 3.61. The summed E-state index contributed by atoms with van der Waals surface area (Å²) in [7, 11) is 0. The minimum atomic E-state index is 1.06. The van der Waals surface area contributed by atoms with Gasteiger partial charge in [0.15, 0.2) is 0 Å². The summed E-state index contributed by atoms with van der Waals surface area (Å²) in [6, 6.07) is 6.52. The first-order chi connectivity index (χ1) is 8.92. The second-order valence-corrected chi connectivity index (χ2v) is 4.95. The summed E-state index contributed by atoms with van der Waals surface area (Å²) in [6.07, 6.45) is 4.15. The fourth-order valence-corrected chi connectivity index (χ4v) is 2.58. The number of hydrogen-bond acceptors (Lipinski definition) is 3. The highest BCUT2D eigenvalue weighted by atomic mass is 15.2. The molecule has 0 unspecified atom stereocenters. The first-order valence-electron chi connectivity index (χ1n) is 6.77. The van der Waals surface area contributed by atoms with Crippen LogP contribution in [0.4, 0.5) is 0 Å². The minimum Gasteiger partial charge on any atom is -0.345 e. The van der Waals surface area contributed by atoms with Crippen LogP contribution in [0, 0.1) is 0 Å². The van der Waals surface area contributed by atoms with Crippen molar-refractivity contribution >= 4 is 11.0 Å². The van der Waals surface area contributed by atoms with Crippen molar-refractivity contribution in [2.75, 3.05) is 32.7 Å². The van der Waals surface area contributed by atoms with E-state index in [1.807, 2.05) is 0 Å². The molecule has 3 rings (SSSR count). The Morgan fingerprint density at radius 2 is 2.11 bits per heavy atom. The molecule has 0 saturated carbocycles. The third-order valence-electron chi connectivity index (χ3n) is 3.63. The zero-order valence-electron chi connectivity index (χ0n) is 10.7. The zero-order valence-corrected chi connectivity index (χ0v) is 10.7. The van der Waals surface area contributed by atoms with E-state index in [4.69, 9.17) is 0 Å². The van der Waals surface area contributed by atoms with Crippen molar-refractivity contribution in [2.45, 2.75) is 12.8 Å². The molecule has 1 saturated heterocycles. The number of imidazole rings is 1. The quantitative estimate of drug-likeness (QED) is 0.854. The van der Waals surface area contributed by atoms with Crippen LogP contribution >= 0.6 is 0 Å². The van der Waals surface area contributed by atoms with Crippen LogP contribution in [0.25, 0.3) is 11.0 Å². The van der Waals surface area contributed by atoms with E-state index in [1.165, 1.54) is 31.6 Å². The van der Waals surface area contributed by atoms with Crippen LogP contribution < -0.4 is 5.32 Å². The number of fused-ring (bicyclic) bond motifs is 1. The Morgan fingerprint density at radius 3 is 3.00 bits per heavy atom. The number of aromatic nitrogens is 2. The Kier molecular flexibility index (Phi) is 3.57. The van der Waals surface area contributed by atoms with Gasteiger partial charge in [0.1, 0.15) is 0 Å². The predicted molar refractivity (Wildman–Crippen MR) is 73.7 cm³/mol. The van der Waals surface area contributed by atoms with Gasteiger partial charge in [0.05, 0.1) is 17.4 Å². The zero-order chi connectivity index (χ0) is 12.2. The van der Waals surface area contributed by atoms with Gasteiger partial charge in [0.25, 0.3) is 0 Å². The van der Waals surface area contributed by atoms with Crippen LogP contribution in [0.2, 0.25) is 0 Å². The van der Waals surface area contributed by atoms with Gasteiger partial charge in [-0.25, -0.2) is 4.98 Å². The van der Waals surface area contributed by atoms with Crippen molar-refractivity contribution in [1.82, 2.24) is 20.2 Å². The van der Waals surface area contributed by atoms with Gasteiger partial charge in [-0.1, -0.05) is 6.07 Å². The highest BCUT2D eigenvalue weighted by molar-refractivity contribution is 5.74. The van der Waals surface area contributed by atoms with E-state index in [1.54, 1.807) is 6.33 Å². The third-order valence-corrected chi connectivity index (χ3v) is 3.63. The van der Waals surface area contributed by atoms with Gasteiger partial charge in [-0.15, -0.1) is 0 Å². The molecule has 0 radical (unpaired) electrons. The number of rotatable bonds is 4. The number of nitrogens with one attached hydrogen (secondary N) is 2. The highest BCUT2D eigenvalue weighted by Crippen LogP contribution is 2.13. The maximum absolute atomic E-state index is 4.24. The smallest absolute Gasteiger partial charge is 0.0931 e. The normalized spacial score (nSPS) is 17.3. The summed E-state index contributed by atoms with van der Waals surface area (Å²) < 4.78 is 0. The molecular formula is C14H20N4. The fourth-order valence-electron chi connectivity index (χ4n) is 2.58.